The number of hydrogen-bond donors (Lipinski definition) is 0. The predicted molar refractivity (Wildman–Crippen MR) is 155 cm³/mol. The van der Waals surface area contributed by atoms with Crippen LogP contribution in [0.2, 0.25) is 0 Å². The smallest absolute Gasteiger partial charge is 0.416 e. The summed E-state index contributed by atoms with van der Waals surface area (Å²) in [4.78, 5) is 27.5. The third kappa shape index (κ3) is 6.67. The summed E-state index contributed by atoms with van der Waals surface area (Å²) in [5.74, 6) is -0.267. The molecule has 4 aromatic rings. The van der Waals surface area contributed by atoms with Gasteiger partial charge in [0.1, 0.15) is 5.76 Å². The summed E-state index contributed by atoms with van der Waals surface area (Å²) in [6, 6.07) is 15.0. The van der Waals surface area contributed by atoms with Crippen molar-refractivity contribution in [2.45, 2.75) is 39.0 Å². The second-order valence-electron chi connectivity index (χ2n) is 10.4. The van der Waals surface area contributed by atoms with Crippen LogP contribution in [-0.4, -0.2) is 24.9 Å². The number of hydrogen-bond acceptors (Lipinski definition) is 5. The van der Waals surface area contributed by atoms with E-state index in [9.17, 15) is 35.9 Å². The first-order valence-corrected chi connectivity index (χ1v) is 14.0. The third-order valence-electron chi connectivity index (χ3n) is 7.54. The molecule has 0 bridgehead atoms. The van der Waals surface area contributed by atoms with Crippen LogP contribution in [0.3, 0.4) is 0 Å². The van der Waals surface area contributed by atoms with E-state index >= 15 is 0 Å². The zero-order chi connectivity index (χ0) is 32.5. The molecule has 11 heteroatoms. The first-order valence-electron chi connectivity index (χ1n) is 14.0. The number of carbonyl (C=O) groups excluding carboxylic acids is 2. The van der Waals surface area contributed by atoms with Crippen LogP contribution in [0, 0.1) is 6.92 Å². The van der Waals surface area contributed by atoms with Crippen molar-refractivity contribution in [3.63, 3.8) is 0 Å². The standard InChI is InChI=1S/C34H27F6NO4/c1-3-44-32(43)23-11-17-27(18-12-23)41-19-24(29(42)21-7-13-25(14-8-21)33(35,36)37)5-4-6-28-20(2)30(45-31(28)41)22-9-15-26(16-10-22)34(38,39)40/h5,7-18H,3-4,6,19H2,1-2H3. The maximum atomic E-state index is 13.6. The van der Waals surface area contributed by atoms with Gasteiger partial charge in [-0.3, -0.25) is 4.79 Å². The Morgan fingerprint density at radius 3 is 1.93 bits per heavy atom. The van der Waals surface area contributed by atoms with Crippen LogP contribution in [-0.2, 0) is 23.5 Å². The van der Waals surface area contributed by atoms with E-state index in [0.717, 1.165) is 42.0 Å². The zero-order valence-corrected chi connectivity index (χ0v) is 24.2. The molecule has 1 aliphatic heterocycles. The fourth-order valence-corrected chi connectivity index (χ4v) is 5.19. The molecule has 0 N–H and O–H groups in total. The molecule has 0 aliphatic carbocycles. The first kappa shape index (κ1) is 31.6. The molecule has 234 valence electrons. The molecule has 0 radical (unpaired) electrons. The van der Waals surface area contributed by atoms with Crippen molar-refractivity contribution in [1.29, 1.82) is 0 Å². The third-order valence-corrected chi connectivity index (χ3v) is 7.54. The molecule has 3 aromatic carbocycles. The van der Waals surface area contributed by atoms with Crippen LogP contribution >= 0.6 is 0 Å². The number of rotatable bonds is 6. The number of furan rings is 1. The van der Waals surface area contributed by atoms with Crippen molar-refractivity contribution in [1.82, 2.24) is 0 Å². The second-order valence-corrected chi connectivity index (χ2v) is 10.4. The molecular weight excluding hydrogens is 600 g/mol. The Labute approximate surface area is 254 Å². The van der Waals surface area contributed by atoms with E-state index < -0.39 is 35.2 Å². The number of fused-ring (bicyclic) bond motifs is 1. The molecular formula is C34H27F6NO4. The van der Waals surface area contributed by atoms with Crippen LogP contribution in [0.25, 0.3) is 11.3 Å². The van der Waals surface area contributed by atoms with Gasteiger partial charge in [-0.25, -0.2) is 4.79 Å². The summed E-state index contributed by atoms with van der Waals surface area (Å²) in [7, 11) is 0. The van der Waals surface area contributed by atoms with Gasteiger partial charge < -0.3 is 14.1 Å². The number of carbonyl (C=O) groups is 2. The van der Waals surface area contributed by atoms with E-state index in [2.05, 4.69) is 0 Å². The molecule has 0 unspecified atom stereocenters. The van der Waals surface area contributed by atoms with Crippen LogP contribution < -0.4 is 4.90 Å². The molecule has 45 heavy (non-hydrogen) atoms. The van der Waals surface area contributed by atoms with E-state index in [4.69, 9.17) is 9.15 Å². The predicted octanol–water partition coefficient (Wildman–Crippen LogP) is 9.36. The van der Waals surface area contributed by atoms with Gasteiger partial charge in [0, 0.05) is 33.5 Å². The van der Waals surface area contributed by atoms with Gasteiger partial charge in [0.25, 0.3) is 0 Å². The Morgan fingerprint density at radius 2 is 1.38 bits per heavy atom. The zero-order valence-electron chi connectivity index (χ0n) is 24.2. The molecule has 2 heterocycles. The number of ketones is 1. The molecule has 0 saturated carbocycles. The lowest BCUT2D eigenvalue weighted by Gasteiger charge is -2.26. The largest absolute Gasteiger partial charge is 0.462 e. The second kappa shape index (κ2) is 12.3. The number of halogens is 6. The van der Waals surface area contributed by atoms with E-state index in [1.807, 2.05) is 0 Å². The SMILES string of the molecule is CCOC(=O)c1ccc(N2CC(C(=O)c3ccc(C(F)(F)F)cc3)=CCCc3c2oc(-c2ccc(C(F)(F)F)cc2)c3C)cc1. The topological polar surface area (TPSA) is 59.8 Å². The minimum absolute atomic E-state index is 0.0367. The summed E-state index contributed by atoms with van der Waals surface area (Å²) in [6.45, 7) is 3.64. The summed E-state index contributed by atoms with van der Waals surface area (Å²) in [5, 5.41) is 0. The summed E-state index contributed by atoms with van der Waals surface area (Å²) >= 11 is 0. The number of esters is 1. The van der Waals surface area contributed by atoms with Crippen molar-refractivity contribution in [3.8, 4) is 11.3 Å². The monoisotopic (exact) mass is 627 g/mol. The Balaban J connectivity index is 1.56. The summed E-state index contributed by atoms with van der Waals surface area (Å²) in [5.41, 5.74) is 1.46. The molecule has 1 aliphatic rings. The van der Waals surface area contributed by atoms with Gasteiger partial charge in [0.2, 0.25) is 5.88 Å². The molecule has 1 aromatic heterocycles. The Hall–Kier alpha value is -4.80. The highest BCUT2D eigenvalue weighted by molar-refractivity contribution is 6.09. The highest BCUT2D eigenvalue weighted by Gasteiger charge is 2.32. The average Bonchev–Trinajstić information content (AvgIpc) is 3.31. The molecule has 5 nitrogen and oxygen atoms in total. The lowest BCUT2D eigenvalue weighted by Crippen LogP contribution is -2.25. The van der Waals surface area contributed by atoms with Gasteiger partial charge in [0.15, 0.2) is 5.78 Å². The van der Waals surface area contributed by atoms with Gasteiger partial charge in [-0.15, -0.1) is 0 Å². The number of benzene rings is 3. The Bertz CT molecular complexity index is 1730. The van der Waals surface area contributed by atoms with Crippen LogP contribution in [0.5, 0.6) is 0 Å². The fraction of sp³-hybridized carbons (Fsp3) is 0.235. The number of nitrogens with zero attached hydrogens (tertiary/aromatic N) is 1. The fourth-order valence-electron chi connectivity index (χ4n) is 5.19. The molecule has 5 rings (SSSR count). The van der Waals surface area contributed by atoms with Crippen molar-refractivity contribution < 1.29 is 45.1 Å². The number of ether oxygens (including phenoxy) is 1. The lowest BCUT2D eigenvalue weighted by molar-refractivity contribution is -0.138. The van der Waals surface area contributed by atoms with Crippen molar-refractivity contribution in [2.75, 3.05) is 18.1 Å². The van der Waals surface area contributed by atoms with E-state index in [1.165, 1.54) is 12.1 Å². The van der Waals surface area contributed by atoms with E-state index in [0.29, 0.717) is 52.4 Å². The lowest BCUT2D eigenvalue weighted by atomic mass is 9.96. The number of Topliss-reactive ketones (excluding diaryl/α,β-unsaturated/α-hetero) is 1. The Kier molecular flexibility index (Phi) is 8.64. The molecule has 0 atom stereocenters. The minimum Gasteiger partial charge on any atom is -0.462 e. The van der Waals surface area contributed by atoms with E-state index in [-0.39, 0.29) is 18.7 Å². The van der Waals surface area contributed by atoms with E-state index in [1.54, 1.807) is 49.1 Å². The van der Waals surface area contributed by atoms with Gasteiger partial charge >= 0.3 is 18.3 Å². The Morgan fingerprint density at radius 1 is 0.822 bits per heavy atom. The molecule has 0 fully saturated rings. The normalized spacial score (nSPS) is 13.9. The molecule has 0 saturated heterocycles. The minimum atomic E-state index is -4.55. The van der Waals surface area contributed by atoms with Crippen LogP contribution in [0.1, 0.15) is 56.3 Å². The van der Waals surface area contributed by atoms with Crippen molar-refractivity contribution >= 4 is 23.3 Å². The highest BCUT2D eigenvalue weighted by Crippen LogP contribution is 2.42. The van der Waals surface area contributed by atoms with Gasteiger partial charge in [-0.2, -0.15) is 26.3 Å². The van der Waals surface area contributed by atoms with Gasteiger partial charge in [-0.05, 0) is 75.2 Å². The average molecular weight is 628 g/mol. The number of anilines is 2. The number of allylic oxidation sites excluding steroid dienone is 1. The van der Waals surface area contributed by atoms with Crippen molar-refractivity contribution in [2.24, 2.45) is 0 Å². The van der Waals surface area contributed by atoms with Gasteiger partial charge in [-0.1, -0.05) is 30.3 Å². The number of alkyl halides is 6. The highest BCUT2D eigenvalue weighted by atomic mass is 19.4. The quantitative estimate of drug-likeness (QED) is 0.121. The maximum Gasteiger partial charge on any atom is 0.416 e. The molecule has 0 amide bonds. The summed E-state index contributed by atoms with van der Waals surface area (Å²) in [6.07, 6.45) is -6.51. The molecule has 0 spiro atoms. The van der Waals surface area contributed by atoms with Gasteiger partial charge in [0.05, 0.1) is 29.8 Å². The van der Waals surface area contributed by atoms with Crippen LogP contribution in [0.15, 0.2) is 88.9 Å². The maximum absolute atomic E-state index is 13.6. The van der Waals surface area contributed by atoms with Crippen LogP contribution in [0.4, 0.5) is 37.9 Å². The van der Waals surface area contributed by atoms with Crippen molar-refractivity contribution in [3.05, 3.63) is 118 Å². The first-order chi connectivity index (χ1) is 21.3. The summed E-state index contributed by atoms with van der Waals surface area (Å²) < 4.78 is 90.3.